The Hall–Kier alpha value is -1.32. The lowest BCUT2D eigenvalue weighted by Crippen LogP contribution is -2.22. The van der Waals surface area contributed by atoms with E-state index in [0.717, 1.165) is 29.8 Å². The van der Waals surface area contributed by atoms with Gasteiger partial charge in [0.15, 0.2) is 0 Å². The molecule has 0 bridgehead atoms. The van der Waals surface area contributed by atoms with E-state index in [-0.39, 0.29) is 6.04 Å². The Kier molecular flexibility index (Phi) is 4.32. The van der Waals surface area contributed by atoms with Crippen molar-refractivity contribution in [3.05, 3.63) is 63.1 Å². The fraction of sp³-hybridized carbons (Fsp3) is 0.333. The molecule has 0 saturated heterocycles. The molecule has 1 N–H and O–H groups in total. The summed E-state index contributed by atoms with van der Waals surface area (Å²) in [6.45, 7) is 6.00. The van der Waals surface area contributed by atoms with Crippen LogP contribution < -0.4 is 10.1 Å². The summed E-state index contributed by atoms with van der Waals surface area (Å²) in [6.07, 6.45) is 1.01. The molecular weight excluding hydrogens is 326 g/mol. The Balaban J connectivity index is 1.99. The number of fused-ring (bicyclic) bond motifs is 1. The predicted molar refractivity (Wildman–Crippen MR) is 90.0 cm³/mol. The van der Waals surface area contributed by atoms with E-state index in [0.29, 0.717) is 0 Å². The molecule has 3 rings (SSSR count). The molecule has 0 aromatic heterocycles. The molecule has 3 heteroatoms. The smallest absolute Gasteiger partial charge is 0.122 e. The predicted octanol–water partition coefficient (Wildman–Crippen LogP) is 4.39. The molecule has 1 aliphatic heterocycles. The molecule has 0 aliphatic carbocycles. The molecule has 110 valence electrons. The Labute approximate surface area is 134 Å². The van der Waals surface area contributed by atoms with Gasteiger partial charge in [-0.15, -0.1) is 0 Å². The Bertz CT molecular complexity index is 654. The molecule has 1 atom stereocenters. The van der Waals surface area contributed by atoms with Crippen LogP contribution in [0.1, 0.15) is 35.2 Å². The van der Waals surface area contributed by atoms with Gasteiger partial charge in [0.2, 0.25) is 0 Å². The summed E-state index contributed by atoms with van der Waals surface area (Å²) in [6, 6.07) is 13.4. The Morgan fingerprint density at radius 2 is 1.95 bits per heavy atom. The van der Waals surface area contributed by atoms with Crippen LogP contribution in [-0.4, -0.2) is 13.2 Å². The number of hydrogen-bond donors (Lipinski definition) is 1. The molecule has 0 saturated carbocycles. The molecule has 0 radical (unpaired) electrons. The number of nitrogens with one attached hydrogen (secondary N) is 1. The average molecular weight is 346 g/mol. The number of benzene rings is 2. The Morgan fingerprint density at radius 3 is 2.71 bits per heavy atom. The van der Waals surface area contributed by atoms with Gasteiger partial charge in [-0.2, -0.15) is 0 Å². The highest BCUT2D eigenvalue weighted by molar-refractivity contribution is 9.10. The van der Waals surface area contributed by atoms with Gasteiger partial charge in [0.1, 0.15) is 5.75 Å². The molecule has 0 spiro atoms. The van der Waals surface area contributed by atoms with Crippen LogP contribution in [0.2, 0.25) is 0 Å². The second kappa shape index (κ2) is 6.20. The largest absolute Gasteiger partial charge is 0.493 e. The lowest BCUT2D eigenvalue weighted by molar-refractivity contribution is 0.357. The van der Waals surface area contributed by atoms with E-state index >= 15 is 0 Å². The molecular formula is C18H20BrNO. The van der Waals surface area contributed by atoms with Gasteiger partial charge in [0.25, 0.3) is 0 Å². The summed E-state index contributed by atoms with van der Waals surface area (Å²) in [5.41, 5.74) is 5.17. The fourth-order valence-corrected chi connectivity index (χ4v) is 3.20. The van der Waals surface area contributed by atoms with Gasteiger partial charge >= 0.3 is 0 Å². The molecule has 1 unspecified atom stereocenters. The van der Waals surface area contributed by atoms with Crippen LogP contribution in [0.4, 0.5) is 0 Å². The van der Waals surface area contributed by atoms with E-state index in [4.69, 9.17) is 4.74 Å². The van der Waals surface area contributed by atoms with E-state index in [9.17, 15) is 0 Å². The van der Waals surface area contributed by atoms with E-state index < -0.39 is 0 Å². The van der Waals surface area contributed by atoms with Crippen molar-refractivity contribution >= 4 is 15.9 Å². The molecule has 1 aliphatic rings. The van der Waals surface area contributed by atoms with Crippen molar-refractivity contribution < 1.29 is 4.74 Å². The minimum absolute atomic E-state index is 0.220. The van der Waals surface area contributed by atoms with Crippen LogP contribution in [-0.2, 0) is 6.42 Å². The van der Waals surface area contributed by atoms with E-state index in [1.807, 2.05) is 0 Å². The third-order valence-corrected chi connectivity index (χ3v) is 4.84. The van der Waals surface area contributed by atoms with Crippen molar-refractivity contribution in [1.82, 2.24) is 5.32 Å². The van der Waals surface area contributed by atoms with Crippen molar-refractivity contribution in [2.75, 3.05) is 13.2 Å². The summed E-state index contributed by atoms with van der Waals surface area (Å²) >= 11 is 3.64. The van der Waals surface area contributed by atoms with Gasteiger partial charge in [-0.25, -0.2) is 0 Å². The van der Waals surface area contributed by atoms with Crippen molar-refractivity contribution in [3.63, 3.8) is 0 Å². The standard InChI is InChI=1S/C18H20BrNO/c1-3-20-18(15-5-4-12(2)16(19)11-15)14-6-7-17-13(10-14)8-9-21-17/h4-7,10-11,18,20H,3,8-9H2,1-2H3. The first-order valence-corrected chi connectivity index (χ1v) is 8.23. The van der Waals surface area contributed by atoms with Gasteiger partial charge in [0, 0.05) is 10.9 Å². The number of hydrogen-bond acceptors (Lipinski definition) is 2. The molecule has 2 nitrogen and oxygen atoms in total. The summed E-state index contributed by atoms with van der Waals surface area (Å²) in [5, 5.41) is 3.59. The van der Waals surface area contributed by atoms with Crippen LogP contribution >= 0.6 is 15.9 Å². The number of halogens is 1. The zero-order valence-electron chi connectivity index (χ0n) is 12.4. The molecule has 21 heavy (non-hydrogen) atoms. The van der Waals surface area contributed by atoms with Crippen LogP contribution in [0.25, 0.3) is 0 Å². The highest BCUT2D eigenvalue weighted by Crippen LogP contribution is 2.31. The van der Waals surface area contributed by atoms with E-state index in [1.165, 1.54) is 22.3 Å². The minimum Gasteiger partial charge on any atom is -0.493 e. The summed E-state index contributed by atoms with van der Waals surface area (Å²) < 4.78 is 6.77. The normalized spacial score (nSPS) is 14.6. The SMILES string of the molecule is CCNC(c1ccc(C)c(Br)c1)c1ccc2c(c1)CCO2. The third-order valence-electron chi connectivity index (χ3n) is 3.98. The first-order chi connectivity index (χ1) is 10.2. The number of ether oxygens (including phenoxy) is 1. The zero-order chi connectivity index (χ0) is 14.8. The number of aryl methyl sites for hydroxylation is 1. The monoisotopic (exact) mass is 345 g/mol. The maximum absolute atomic E-state index is 5.61. The van der Waals surface area contributed by atoms with Crippen molar-refractivity contribution in [1.29, 1.82) is 0 Å². The van der Waals surface area contributed by atoms with Gasteiger partial charge in [0.05, 0.1) is 12.6 Å². The first kappa shape index (κ1) is 14.6. The minimum atomic E-state index is 0.220. The molecule has 0 fully saturated rings. The zero-order valence-corrected chi connectivity index (χ0v) is 14.0. The van der Waals surface area contributed by atoms with Gasteiger partial charge in [-0.3, -0.25) is 0 Å². The quantitative estimate of drug-likeness (QED) is 0.887. The van der Waals surface area contributed by atoms with Crippen molar-refractivity contribution in [2.24, 2.45) is 0 Å². The summed E-state index contributed by atoms with van der Waals surface area (Å²) in [5.74, 6) is 1.04. The second-order valence-corrected chi connectivity index (χ2v) is 6.32. The lowest BCUT2D eigenvalue weighted by atomic mass is 9.96. The average Bonchev–Trinajstić information content (AvgIpc) is 2.95. The van der Waals surface area contributed by atoms with Crippen molar-refractivity contribution in [2.45, 2.75) is 26.3 Å². The Morgan fingerprint density at radius 1 is 1.19 bits per heavy atom. The maximum Gasteiger partial charge on any atom is 0.122 e. The highest BCUT2D eigenvalue weighted by atomic mass is 79.9. The lowest BCUT2D eigenvalue weighted by Gasteiger charge is -2.20. The maximum atomic E-state index is 5.61. The van der Waals surface area contributed by atoms with Crippen LogP contribution in [0.15, 0.2) is 40.9 Å². The van der Waals surface area contributed by atoms with Crippen LogP contribution in [0, 0.1) is 6.92 Å². The summed E-state index contributed by atoms with van der Waals surface area (Å²) in [4.78, 5) is 0. The second-order valence-electron chi connectivity index (χ2n) is 5.46. The third kappa shape index (κ3) is 2.99. The number of rotatable bonds is 4. The van der Waals surface area contributed by atoms with Crippen LogP contribution in [0.3, 0.4) is 0 Å². The highest BCUT2D eigenvalue weighted by Gasteiger charge is 2.18. The van der Waals surface area contributed by atoms with Gasteiger partial charge in [-0.1, -0.05) is 47.1 Å². The fourth-order valence-electron chi connectivity index (χ4n) is 2.81. The van der Waals surface area contributed by atoms with Gasteiger partial charge in [-0.05, 0) is 47.9 Å². The van der Waals surface area contributed by atoms with E-state index in [2.05, 4.69) is 71.5 Å². The van der Waals surface area contributed by atoms with E-state index in [1.54, 1.807) is 0 Å². The topological polar surface area (TPSA) is 21.3 Å². The van der Waals surface area contributed by atoms with Gasteiger partial charge < -0.3 is 10.1 Å². The van der Waals surface area contributed by atoms with Crippen LogP contribution in [0.5, 0.6) is 5.75 Å². The molecule has 0 amide bonds. The molecule has 2 aromatic carbocycles. The first-order valence-electron chi connectivity index (χ1n) is 7.44. The summed E-state index contributed by atoms with van der Waals surface area (Å²) in [7, 11) is 0. The molecule has 2 aromatic rings. The van der Waals surface area contributed by atoms with Crippen molar-refractivity contribution in [3.8, 4) is 5.75 Å². The molecule has 1 heterocycles.